The van der Waals surface area contributed by atoms with Crippen LogP contribution in [0.1, 0.15) is 5.56 Å². The molecule has 0 bridgehead atoms. The van der Waals surface area contributed by atoms with Crippen LogP contribution in [0.2, 0.25) is 0 Å². The molecule has 2 saturated heterocycles. The van der Waals surface area contributed by atoms with E-state index in [2.05, 4.69) is 10.2 Å². The molecule has 12 heteroatoms. The molecule has 0 aromatic heterocycles. The van der Waals surface area contributed by atoms with Crippen molar-refractivity contribution in [3.63, 3.8) is 0 Å². The Morgan fingerprint density at radius 3 is 2.13 bits per heavy atom. The lowest BCUT2D eigenvalue weighted by atomic mass is 10.2. The predicted molar refractivity (Wildman–Crippen MR) is 106 cm³/mol. The van der Waals surface area contributed by atoms with E-state index in [9.17, 15) is 26.4 Å². The van der Waals surface area contributed by atoms with Crippen LogP contribution in [-0.4, -0.2) is 98.7 Å². The smallest absolute Gasteiger partial charge is 0.376 e. The Morgan fingerprint density at radius 1 is 1.00 bits per heavy atom. The number of hydrogen-bond acceptors (Lipinski definition) is 5. The number of carbonyl (C=O) groups is 1. The maximum atomic E-state index is 12.8. The Bertz CT molecular complexity index is 849. The SMILES string of the molecule is CN1CCN(S(=O)(=O)N2CCN(C(=O)CNc3cccc(C(F)(F)F)c3)CC2)CC1. The minimum absolute atomic E-state index is 0.160. The number of amides is 1. The lowest BCUT2D eigenvalue weighted by Crippen LogP contribution is -2.57. The van der Waals surface area contributed by atoms with Gasteiger partial charge in [-0.05, 0) is 25.2 Å². The molecule has 1 aromatic rings. The highest BCUT2D eigenvalue weighted by Gasteiger charge is 2.34. The number of halogens is 3. The van der Waals surface area contributed by atoms with E-state index >= 15 is 0 Å². The van der Waals surface area contributed by atoms with Gasteiger partial charge in [0.1, 0.15) is 0 Å². The van der Waals surface area contributed by atoms with Crippen molar-refractivity contribution in [2.24, 2.45) is 0 Å². The minimum Gasteiger partial charge on any atom is -0.376 e. The molecule has 2 aliphatic rings. The van der Waals surface area contributed by atoms with Gasteiger partial charge < -0.3 is 15.1 Å². The van der Waals surface area contributed by atoms with Crippen LogP contribution in [0, 0.1) is 0 Å². The van der Waals surface area contributed by atoms with Crippen molar-refractivity contribution in [3.8, 4) is 0 Å². The third kappa shape index (κ3) is 5.42. The largest absolute Gasteiger partial charge is 0.416 e. The standard InChI is InChI=1S/C18H26F3N5O3S/c1-23-5-9-25(10-6-23)30(28,29)26-11-7-24(8-12-26)17(27)14-22-16-4-2-3-15(13-16)18(19,20)21/h2-4,13,22H,5-12,14H2,1H3. The monoisotopic (exact) mass is 449 g/mol. The minimum atomic E-state index is -4.45. The molecule has 0 saturated carbocycles. The molecular weight excluding hydrogens is 423 g/mol. The second-order valence-electron chi connectivity index (χ2n) is 7.42. The first-order chi connectivity index (χ1) is 14.1. The van der Waals surface area contributed by atoms with Gasteiger partial charge in [0, 0.05) is 58.0 Å². The van der Waals surface area contributed by atoms with E-state index in [1.807, 2.05) is 7.05 Å². The number of likely N-dealkylation sites (N-methyl/N-ethyl adjacent to an activating group) is 1. The first-order valence-corrected chi connectivity index (χ1v) is 11.1. The van der Waals surface area contributed by atoms with E-state index in [1.165, 1.54) is 25.6 Å². The van der Waals surface area contributed by atoms with E-state index in [-0.39, 0.29) is 44.3 Å². The molecule has 30 heavy (non-hydrogen) atoms. The van der Waals surface area contributed by atoms with E-state index in [1.54, 1.807) is 0 Å². The molecule has 1 amide bonds. The fourth-order valence-corrected chi connectivity index (χ4v) is 5.02. The number of carbonyl (C=O) groups excluding carboxylic acids is 1. The topological polar surface area (TPSA) is 76.2 Å². The van der Waals surface area contributed by atoms with E-state index in [0.717, 1.165) is 12.1 Å². The van der Waals surface area contributed by atoms with Gasteiger partial charge in [0.05, 0.1) is 12.1 Å². The second kappa shape index (κ2) is 9.08. The van der Waals surface area contributed by atoms with Gasteiger partial charge in [-0.2, -0.15) is 30.2 Å². The summed E-state index contributed by atoms with van der Waals surface area (Å²) in [4.78, 5) is 16.0. The van der Waals surface area contributed by atoms with Gasteiger partial charge in [-0.1, -0.05) is 6.07 Å². The van der Waals surface area contributed by atoms with E-state index in [4.69, 9.17) is 0 Å². The highest BCUT2D eigenvalue weighted by atomic mass is 32.2. The predicted octanol–water partition coefficient (Wildman–Crippen LogP) is 0.754. The average Bonchev–Trinajstić information content (AvgIpc) is 2.72. The molecule has 2 heterocycles. The van der Waals surface area contributed by atoms with E-state index in [0.29, 0.717) is 26.2 Å². The third-order valence-electron chi connectivity index (χ3n) is 5.34. The van der Waals surface area contributed by atoms with Crippen molar-refractivity contribution in [1.82, 2.24) is 18.4 Å². The van der Waals surface area contributed by atoms with Crippen molar-refractivity contribution in [3.05, 3.63) is 29.8 Å². The quantitative estimate of drug-likeness (QED) is 0.718. The van der Waals surface area contributed by atoms with Crippen LogP contribution in [0.25, 0.3) is 0 Å². The van der Waals surface area contributed by atoms with Crippen molar-refractivity contribution >= 4 is 21.8 Å². The first-order valence-electron chi connectivity index (χ1n) is 9.70. The van der Waals surface area contributed by atoms with Crippen molar-refractivity contribution in [2.75, 3.05) is 71.3 Å². The Morgan fingerprint density at radius 2 is 1.57 bits per heavy atom. The highest BCUT2D eigenvalue weighted by Crippen LogP contribution is 2.30. The fraction of sp³-hybridized carbons (Fsp3) is 0.611. The number of nitrogens with one attached hydrogen (secondary N) is 1. The number of benzene rings is 1. The molecule has 1 N–H and O–H groups in total. The molecule has 1 aromatic carbocycles. The Labute approximate surface area is 174 Å². The molecule has 168 valence electrons. The number of piperazine rings is 2. The summed E-state index contributed by atoms with van der Waals surface area (Å²) in [6, 6.07) is 4.65. The molecule has 8 nitrogen and oxygen atoms in total. The third-order valence-corrected chi connectivity index (χ3v) is 7.38. The molecule has 2 aliphatic heterocycles. The molecule has 0 unspecified atom stereocenters. The summed E-state index contributed by atoms with van der Waals surface area (Å²) in [5.74, 6) is -0.288. The molecule has 0 aliphatic carbocycles. The van der Waals surface area contributed by atoms with Gasteiger partial charge in [0.2, 0.25) is 5.91 Å². The van der Waals surface area contributed by atoms with Crippen LogP contribution < -0.4 is 5.32 Å². The van der Waals surface area contributed by atoms with Crippen molar-refractivity contribution in [2.45, 2.75) is 6.18 Å². The van der Waals surface area contributed by atoms with Gasteiger partial charge >= 0.3 is 6.18 Å². The molecule has 3 rings (SSSR count). The zero-order chi connectivity index (χ0) is 21.9. The number of alkyl halides is 3. The lowest BCUT2D eigenvalue weighted by Gasteiger charge is -2.39. The van der Waals surface area contributed by atoms with E-state index < -0.39 is 21.9 Å². The second-order valence-corrected chi connectivity index (χ2v) is 9.35. The maximum absolute atomic E-state index is 12.8. The summed E-state index contributed by atoms with van der Waals surface area (Å²) in [6.07, 6.45) is -4.45. The Hall–Kier alpha value is -1.89. The number of anilines is 1. The summed E-state index contributed by atoms with van der Waals surface area (Å²) in [5.41, 5.74) is -0.586. The number of nitrogens with zero attached hydrogens (tertiary/aromatic N) is 4. The maximum Gasteiger partial charge on any atom is 0.416 e. The first kappa shape index (κ1) is 22.8. The van der Waals surface area contributed by atoms with Gasteiger partial charge in [-0.15, -0.1) is 0 Å². The molecule has 0 atom stereocenters. The zero-order valence-electron chi connectivity index (χ0n) is 16.7. The average molecular weight is 449 g/mol. The highest BCUT2D eigenvalue weighted by molar-refractivity contribution is 7.86. The molecular formula is C18H26F3N5O3S. The van der Waals surface area contributed by atoms with Crippen LogP contribution in [-0.2, 0) is 21.2 Å². The van der Waals surface area contributed by atoms with Crippen LogP contribution in [0.4, 0.5) is 18.9 Å². The summed E-state index contributed by atoms with van der Waals surface area (Å²) in [6.45, 7) is 2.97. The van der Waals surface area contributed by atoms with Gasteiger partial charge in [0.15, 0.2) is 0 Å². The summed E-state index contributed by atoms with van der Waals surface area (Å²) < 4.78 is 66.8. The Kier molecular flexibility index (Phi) is 6.90. The van der Waals surface area contributed by atoms with Crippen LogP contribution in [0.5, 0.6) is 0 Å². The lowest BCUT2D eigenvalue weighted by molar-refractivity contribution is -0.137. The molecule has 0 spiro atoms. The summed E-state index contributed by atoms with van der Waals surface area (Å²) in [5, 5.41) is 2.72. The molecule has 0 radical (unpaired) electrons. The van der Waals surface area contributed by atoms with Crippen molar-refractivity contribution < 1.29 is 26.4 Å². The Balaban J connectivity index is 1.50. The van der Waals surface area contributed by atoms with Gasteiger partial charge in [0.25, 0.3) is 10.2 Å². The van der Waals surface area contributed by atoms with Crippen LogP contribution in [0.15, 0.2) is 24.3 Å². The fourth-order valence-electron chi connectivity index (χ4n) is 3.45. The number of hydrogen-bond donors (Lipinski definition) is 1. The number of rotatable bonds is 5. The van der Waals surface area contributed by atoms with Crippen molar-refractivity contribution in [1.29, 1.82) is 0 Å². The van der Waals surface area contributed by atoms with Gasteiger partial charge in [-0.25, -0.2) is 0 Å². The van der Waals surface area contributed by atoms with Gasteiger partial charge in [-0.3, -0.25) is 4.79 Å². The van der Waals surface area contributed by atoms with Crippen LogP contribution in [0.3, 0.4) is 0 Å². The normalized spacial score (nSPS) is 20.3. The summed E-state index contributed by atoms with van der Waals surface area (Å²) in [7, 11) is -1.61. The van der Waals surface area contributed by atoms with Crippen LogP contribution >= 0.6 is 0 Å². The summed E-state index contributed by atoms with van der Waals surface area (Å²) >= 11 is 0. The zero-order valence-corrected chi connectivity index (χ0v) is 17.5. The molecule has 2 fully saturated rings.